The summed E-state index contributed by atoms with van der Waals surface area (Å²) in [6.07, 6.45) is 8.19. The number of rotatable bonds is 12. The molecule has 1 aliphatic heterocycles. The third-order valence-electron chi connectivity index (χ3n) is 7.53. The number of hydrogen-bond acceptors (Lipinski definition) is 2. The van der Waals surface area contributed by atoms with Gasteiger partial charge in [0.25, 0.3) is 0 Å². The average molecular weight is 543 g/mol. The standard InChI is InChI=1S/C33H38F4O2/c1-3-5-7-9-10-24-16-17-26(31(35)30(24)34)22-12-14-23(15-13-22)27-18-19-28(33(37)32(27)36)25-20-38-29(39-21-25)11-8-6-4-2/h12-19,25,29H,3-11,20-21H2,1-2H3. The first-order valence-electron chi connectivity index (χ1n) is 14.2. The van der Waals surface area contributed by atoms with E-state index in [0.717, 1.165) is 51.4 Å². The van der Waals surface area contributed by atoms with Gasteiger partial charge in [-0.05, 0) is 47.9 Å². The highest BCUT2D eigenvalue weighted by Gasteiger charge is 2.27. The van der Waals surface area contributed by atoms with Gasteiger partial charge in [0.05, 0.1) is 13.2 Å². The van der Waals surface area contributed by atoms with Crippen LogP contribution in [0.5, 0.6) is 0 Å². The van der Waals surface area contributed by atoms with E-state index in [1.807, 2.05) is 0 Å². The zero-order chi connectivity index (χ0) is 27.8. The van der Waals surface area contributed by atoms with Crippen molar-refractivity contribution in [1.29, 1.82) is 0 Å². The predicted octanol–water partition coefficient (Wildman–Crippen LogP) is 9.74. The van der Waals surface area contributed by atoms with Crippen molar-refractivity contribution in [1.82, 2.24) is 0 Å². The molecule has 3 aromatic rings. The topological polar surface area (TPSA) is 18.5 Å². The minimum Gasteiger partial charge on any atom is -0.352 e. The Labute approximate surface area is 229 Å². The van der Waals surface area contributed by atoms with Crippen LogP contribution in [0.25, 0.3) is 22.3 Å². The zero-order valence-corrected chi connectivity index (χ0v) is 22.9. The van der Waals surface area contributed by atoms with Gasteiger partial charge in [-0.1, -0.05) is 94.5 Å². The van der Waals surface area contributed by atoms with E-state index >= 15 is 8.78 Å². The molecular formula is C33H38F4O2. The normalized spacial score (nSPS) is 17.5. The van der Waals surface area contributed by atoms with Crippen molar-refractivity contribution in [2.75, 3.05) is 13.2 Å². The van der Waals surface area contributed by atoms with Gasteiger partial charge < -0.3 is 9.47 Å². The van der Waals surface area contributed by atoms with Crippen LogP contribution in [-0.4, -0.2) is 19.5 Å². The Morgan fingerprint density at radius 3 is 1.79 bits per heavy atom. The van der Waals surface area contributed by atoms with Crippen LogP contribution in [0.4, 0.5) is 17.6 Å². The van der Waals surface area contributed by atoms with E-state index in [1.165, 1.54) is 0 Å². The minimum atomic E-state index is -0.949. The van der Waals surface area contributed by atoms with E-state index < -0.39 is 23.3 Å². The largest absolute Gasteiger partial charge is 0.352 e. The van der Waals surface area contributed by atoms with Gasteiger partial charge in [-0.3, -0.25) is 0 Å². The van der Waals surface area contributed by atoms with Crippen LogP contribution in [0.1, 0.15) is 82.3 Å². The lowest BCUT2D eigenvalue weighted by molar-refractivity contribution is -0.190. The second-order valence-electron chi connectivity index (χ2n) is 10.4. The third kappa shape index (κ3) is 7.09. The van der Waals surface area contributed by atoms with Gasteiger partial charge in [0, 0.05) is 17.0 Å². The molecule has 39 heavy (non-hydrogen) atoms. The van der Waals surface area contributed by atoms with Gasteiger partial charge in [0.1, 0.15) is 0 Å². The van der Waals surface area contributed by atoms with E-state index in [0.29, 0.717) is 23.1 Å². The number of unbranched alkanes of at least 4 members (excludes halogenated alkanes) is 5. The van der Waals surface area contributed by atoms with Crippen LogP contribution in [0.15, 0.2) is 48.5 Å². The molecule has 0 aromatic heterocycles. The Bertz CT molecular complexity index is 1220. The average Bonchev–Trinajstić information content (AvgIpc) is 2.96. The van der Waals surface area contributed by atoms with E-state index in [1.54, 1.807) is 48.5 Å². The Balaban J connectivity index is 1.45. The van der Waals surface area contributed by atoms with Gasteiger partial charge in [0.15, 0.2) is 29.6 Å². The molecule has 0 radical (unpaired) electrons. The summed E-state index contributed by atoms with van der Waals surface area (Å²) in [6, 6.07) is 12.7. The number of ether oxygens (including phenoxy) is 2. The van der Waals surface area contributed by atoms with Crippen molar-refractivity contribution in [3.63, 3.8) is 0 Å². The second kappa shape index (κ2) is 14.1. The van der Waals surface area contributed by atoms with Crippen molar-refractivity contribution < 1.29 is 27.0 Å². The number of halogens is 4. The molecule has 3 aromatic carbocycles. The molecule has 0 aliphatic carbocycles. The van der Waals surface area contributed by atoms with E-state index in [9.17, 15) is 8.78 Å². The fourth-order valence-electron chi connectivity index (χ4n) is 5.13. The van der Waals surface area contributed by atoms with Crippen LogP contribution < -0.4 is 0 Å². The van der Waals surface area contributed by atoms with Crippen molar-refractivity contribution >= 4 is 0 Å². The van der Waals surface area contributed by atoms with Crippen molar-refractivity contribution in [3.05, 3.63) is 82.9 Å². The predicted molar refractivity (Wildman–Crippen MR) is 148 cm³/mol. The fraction of sp³-hybridized carbons (Fsp3) is 0.455. The fourth-order valence-corrected chi connectivity index (χ4v) is 5.13. The van der Waals surface area contributed by atoms with Crippen LogP contribution in [0, 0.1) is 23.3 Å². The summed E-state index contributed by atoms with van der Waals surface area (Å²) < 4.78 is 71.3. The van der Waals surface area contributed by atoms with Crippen molar-refractivity contribution in [3.8, 4) is 22.3 Å². The number of hydrogen-bond donors (Lipinski definition) is 0. The number of aryl methyl sites for hydroxylation is 1. The molecule has 0 unspecified atom stereocenters. The molecule has 0 N–H and O–H groups in total. The highest BCUT2D eigenvalue weighted by molar-refractivity contribution is 5.71. The minimum absolute atomic E-state index is 0.104. The third-order valence-corrected chi connectivity index (χ3v) is 7.53. The Morgan fingerprint density at radius 1 is 0.615 bits per heavy atom. The molecule has 6 heteroatoms. The van der Waals surface area contributed by atoms with Gasteiger partial charge in [-0.25, -0.2) is 17.6 Å². The second-order valence-corrected chi connectivity index (χ2v) is 10.4. The molecule has 210 valence electrons. The molecule has 0 saturated carbocycles. The molecule has 1 fully saturated rings. The molecule has 1 aliphatic rings. The van der Waals surface area contributed by atoms with Crippen LogP contribution in [-0.2, 0) is 15.9 Å². The maximum absolute atomic E-state index is 15.2. The van der Waals surface area contributed by atoms with Gasteiger partial charge in [-0.2, -0.15) is 0 Å². The summed E-state index contributed by atoms with van der Waals surface area (Å²) in [5, 5.41) is 0. The first-order valence-corrected chi connectivity index (χ1v) is 14.2. The molecule has 1 heterocycles. The van der Waals surface area contributed by atoms with Crippen LogP contribution in [0.3, 0.4) is 0 Å². The van der Waals surface area contributed by atoms with E-state index in [4.69, 9.17) is 9.47 Å². The maximum Gasteiger partial charge on any atom is 0.166 e. The quantitative estimate of drug-likeness (QED) is 0.168. The lowest BCUT2D eigenvalue weighted by Crippen LogP contribution is -2.31. The van der Waals surface area contributed by atoms with Gasteiger partial charge in [0.2, 0.25) is 0 Å². The molecule has 0 spiro atoms. The lowest BCUT2D eigenvalue weighted by atomic mass is 9.94. The highest BCUT2D eigenvalue weighted by Crippen LogP contribution is 2.34. The first-order chi connectivity index (χ1) is 18.9. The van der Waals surface area contributed by atoms with Gasteiger partial charge in [-0.15, -0.1) is 0 Å². The summed E-state index contributed by atoms with van der Waals surface area (Å²) in [5.74, 6) is -3.96. The smallest absolute Gasteiger partial charge is 0.166 e. The lowest BCUT2D eigenvalue weighted by Gasteiger charge is -2.30. The first kappa shape index (κ1) is 29.3. The van der Waals surface area contributed by atoms with Crippen LogP contribution in [0.2, 0.25) is 0 Å². The molecule has 0 atom stereocenters. The summed E-state index contributed by atoms with van der Waals surface area (Å²) in [7, 11) is 0. The summed E-state index contributed by atoms with van der Waals surface area (Å²) >= 11 is 0. The Kier molecular flexibility index (Phi) is 10.6. The molecule has 0 bridgehead atoms. The monoisotopic (exact) mass is 542 g/mol. The Morgan fingerprint density at radius 2 is 1.18 bits per heavy atom. The number of benzene rings is 3. The van der Waals surface area contributed by atoms with Gasteiger partial charge >= 0.3 is 0 Å². The maximum atomic E-state index is 15.2. The summed E-state index contributed by atoms with van der Waals surface area (Å²) in [6.45, 7) is 4.79. The molecule has 2 nitrogen and oxygen atoms in total. The molecular weight excluding hydrogens is 504 g/mol. The molecule has 1 saturated heterocycles. The van der Waals surface area contributed by atoms with E-state index in [2.05, 4.69) is 13.8 Å². The SMILES string of the molecule is CCCCCCc1ccc(-c2ccc(-c3ccc(C4COC(CCCCC)OC4)c(F)c3F)cc2)c(F)c1F. The highest BCUT2D eigenvalue weighted by atomic mass is 19.2. The summed E-state index contributed by atoms with van der Waals surface area (Å²) in [4.78, 5) is 0. The van der Waals surface area contributed by atoms with Crippen LogP contribution >= 0.6 is 0 Å². The van der Waals surface area contributed by atoms with Crippen molar-refractivity contribution in [2.24, 2.45) is 0 Å². The molecule has 4 rings (SSSR count). The Hall–Kier alpha value is -2.70. The summed E-state index contributed by atoms with van der Waals surface area (Å²) in [5.41, 5.74) is 1.77. The van der Waals surface area contributed by atoms with E-state index in [-0.39, 0.29) is 42.1 Å². The molecule has 0 amide bonds. The zero-order valence-electron chi connectivity index (χ0n) is 22.9. The van der Waals surface area contributed by atoms with Crippen molar-refractivity contribution in [2.45, 2.75) is 83.8 Å².